The zero-order valence-corrected chi connectivity index (χ0v) is 11.6. The summed E-state index contributed by atoms with van der Waals surface area (Å²) in [5, 5.41) is 20.4. The maximum atomic E-state index is 12.0. The molecule has 1 aliphatic carbocycles. The fourth-order valence-corrected chi connectivity index (χ4v) is 2.64. The molecule has 0 radical (unpaired) electrons. The number of hydrogen-bond donors (Lipinski definition) is 2. The Labute approximate surface area is 122 Å². The van der Waals surface area contributed by atoms with Crippen molar-refractivity contribution in [3.05, 3.63) is 42.2 Å². The van der Waals surface area contributed by atoms with E-state index in [1.807, 2.05) is 30.3 Å². The molecule has 2 unspecified atom stereocenters. The zero-order chi connectivity index (χ0) is 14.7. The Morgan fingerprint density at radius 2 is 2.14 bits per heavy atom. The van der Waals surface area contributed by atoms with Gasteiger partial charge in [-0.25, -0.2) is 4.68 Å². The first kappa shape index (κ1) is 13.8. The van der Waals surface area contributed by atoms with Gasteiger partial charge in [-0.1, -0.05) is 29.8 Å². The van der Waals surface area contributed by atoms with Gasteiger partial charge in [0.15, 0.2) is 5.69 Å². The van der Waals surface area contributed by atoms with Crippen molar-refractivity contribution in [3.8, 4) is 5.69 Å². The van der Waals surface area contributed by atoms with Gasteiger partial charge in [0, 0.05) is 12.5 Å². The number of aromatic nitrogens is 3. The first-order chi connectivity index (χ1) is 10.2. The molecular weight excluding hydrogens is 268 g/mol. The Balaban J connectivity index is 1.62. The van der Waals surface area contributed by atoms with Crippen LogP contribution in [0.3, 0.4) is 0 Å². The molecule has 0 aliphatic heterocycles. The van der Waals surface area contributed by atoms with E-state index in [2.05, 4.69) is 15.6 Å². The lowest BCUT2D eigenvalue weighted by Crippen LogP contribution is -2.32. The molecule has 110 valence electrons. The molecule has 0 bridgehead atoms. The van der Waals surface area contributed by atoms with Gasteiger partial charge in [-0.3, -0.25) is 4.79 Å². The quantitative estimate of drug-likeness (QED) is 0.884. The van der Waals surface area contributed by atoms with Crippen LogP contribution < -0.4 is 5.32 Å². The number of benzene rings is 1. The molecule has 1 fully saturated rings. The van der Waals surface area contributed by atoms with Crippen molar-refractivity contribution in [1.29, 1.82) is 0 Å². The number of hydrogen-bond acceptors (Lipinski definition) is 4. The van der Waals surface area contributed by atoms with Crippen LogP contribution in [0.15, 0.2) is 36.5 Å². The number of para-hydroxylation sites is 1. The molecule has 1 heterocycles. The minimum atomic E-state index is -0.301. The lowest BCUT2D eigenvalue weighted by atomic mass is 10.1. The van der Waals surface area contributed by atoms with Crippen LogP contribution in [0, 0.1) is 5.92 Å². The molecule has 0 saturated heterocycles. The maximum absolute atomic E-state index is 12.0. The van der Waals surface area contributed by atoms with Crippen molar-refractivity contribution in [2.24, 2.45) is 5.92 Å². The van der Waals surface area contributed by atoms with Crippen molar-refractivity contribution < 1.29 is 9.90 Å². The highest BCUT2D eigenvalue weighted by molar-refractivity contribution is 5.91. The second-order valence-corrected chi connectivity index (χ2v) is 5.35. The highest BCUT2D eigenvalue weighted by Crippen LogP contribution is 2.24. The third kappa shape index (κ3) is 3.11. The largest absolute Gasteiger partial charge is 0.393 e. The number of rotatable bonds is 4. The Bertz CT molecular complexity index is 611. The van der Waals surface area contributed by atoms with E-state index in [0.717, 1.165) is 24.9 Å². The average Bonchev–Trinajstić information content (AvgIpc) is 3.15. The molecular formula is C15H18N4O2. The molecule has 1 aromatic carbocycles. The fourth-order valence-electron chi connectivity index (χ4n) is 2.64. The zero-order valence-electron chi connectivity index (χ0n) is 11.6. The number of carbonyl (C=O) groups is 1. The number of nitrogens with zero attached hydrogens (tertiary/aromatic N) is 3. The minimum Gasteiger partial charge on any atom is -0.393 e. The Morgan fingerprint density at radius 3 is 2.86 bits per heavy atom. The highest BCUT2D eigenvalue weighted by atomic mass is 16.3. The van der Waals surface area contributed by atoms with Gasteiger partial charge >= 0.3 is 0 Å². The molecule has 0 spiro atoms. The van der Waals surface area contributed by atoms with Crippen LogP contribution in [-0.2, 0) is 0 Å². The van der Waals surface area contributed by atoms with Gasteiger partial charge in [-0.15, -0.1) is 5.10 Å². The predicted octanol–water partition coefficient (Wildman–Crippen LogP) is 1.16. The van der Waals surface area contributed by atoms with Crippen LogP contribution in [-0.4, -0.2) is 38.7 Å². The number of aliphatic hydroxyl groups excluding tert-OH is 1. The Morgan fingerprint density at radius 1 is 1.33 bits per heavy atom. The lowest BCUT2D eigenvalue weighted by Gasteiger charge is -2.14. The Hall–Kier alpha value is -2.21. The van der Waals surface area contributed by atoms with Crippen LogP contribution in [0.4, 0.5) is 0 Å². The van der Waals surface area contributed by atoms with Crippen molar-refractivity contribution in [2.75, 3.05) is 6.54 Å². The normalized spacial score (nSPS) is 21.4. The summed E-state index contributed by atoms with van der Waals surface area (Å²) in [5.41, 5.74) is 1.14. The van der Waals surface area contributed by atoms with E-state index in [9.17, 15) is 9.90 Å². The number of carbonyl (C=O) groups excluding carboxylic acids is 1. The van der Waals surface area contributed by atoms with E-state index in [4.69, 9.17) is 0 Å². The topological polar surface area (TPSA) is 80.0 Å². The Kier molecular flexibility index (Phi) is 3.96. The summed E-state index contributed by atoms with van der Waals surface area (Å²) in [7, 11) is 0. The molecule has 6 nitrogen and oxygen atoms in total. The molecule has 2 aromatic rings. The molecule has 21 heavy (non-hydrogen) atoms. The summed E-state index contributed by atoms with van der Waals surface area (Å²) in [4.78, 5) is 12.0. The lowest BCUT2D eigenvalue weighted by molar-refractivity contribution is 0.0912. The summed E-state index contributed by atoms with van der Waals surface area (Å²) >= 11 is 0. The number of amides is 1. The van der Waals surface area contributed by atoms with Gasteiger partial charge < -0.3 is 10.4 Å². The van der Waals surface area contributed by atoms with E-state index >= 15 is 0 Å². The van der Waals surface area contributed by atoms with Crippen molar-refractivity contribution >= 4 is 5.91 Å². The number of nitrogens with one attached hydrogen (secondary N) is 1. The van der Waals surface area contributed by atoms with E-state index in [0.29, 0.717) is 6.54 Å². The second-order valence-electron chi connectivity index (χ2n) is 5.35. The van der Waals surface area contributed by atoms with Gasteiger partial charge in [0.2, 0.25) is 0 Å². The van der Waals surface area contributed by atoms with E-state index in [1.165, 1.54) is 0 Å². The van der Waals surface area contributed by atoms with E-state index < -0.39 is 0 Å². The van der Waals surface area contributed by atoms with Crippen LogP contribution >= 0.6 is 0 Å². The molecule has 1 amide bonds. The van der Waals surface area contributed by atoms with Gasteiger partial charge in [0.1, 0.15) is 0 Å². The molecule has 2 N–H and O–H groups in total. The summed E-state index contributed by atoms with van der Waals surface area (Å²) in [6, 6.07) is 9.51. The molecule has 1 aliphatic rings. The van der Waals surface area contributed by atoms with Crippen molar-refractivity contribution in [3.63, 3.8) is 0 Å². The number of aliphatic hydroxyl groups is 1. The third-order valence-corrected chi connectivity index (χ3v) is 3.89. The summed E-state index contributed by atoms with van der Waals surface area (Å²) in [5.74, 6) is -0.102. The molecule has 2 atom stereocenters. The van der Waals surface area contributed by atoms with Gasteiger partial charge in [0.05, 0.1) is 18.0 Å². The average molecular weight is 286 g/mol. The third-order valence-electron chi connectivity index (χ3n) is 3.89. The molecule has 1 saturated carbocycles. The van der Waals surface area contributed by atoms with Crippen LogP contribution in [0.5, 0.6) is 0 Å². The maximum Gasteiger partial charge on any atom is 0.273 e. The van der Waals surface area contributed by atoms with E-state index in [1.54, 1.807) is 10.9 Å². The summed E-state index contributed by atoms with van der Waals surface area (Å²) < 4.78 is 1.57. The van der Waals surface area contributed by atoms with Crippen LogP contribution in [0.2, 0.25) is 0 Å². The smallest absolute Gasteiger partial charge is 0.273 e. The van der Waals surface area contributed by atoms with Crippen molar-refractivity contribution in [2.45, 2.75) is 25.4 Å². The standard InChI is InChI=1S/C15H18N4O2/c20-14-8-4-5-11(14)9-16-15(21)13-10-19(18-17-13)12-6-2-1-3-7-12/h1-3,6-7,10-11,14,20H,4-5,8-9H2,(H,16,21). The van der Waals surface area contributed by atoms with Gasteiger partial charge in [-0.05, 0) is 25.0 Å². The molecule has 1 aromatic heterocycles. The second kappa shape index (κ2) is 6.05. The first-order valence-corrected chi connectivity index (χ1v) is 7.18. The molecule has 6 heteroatoms. The monoisotopic (exact) mass is 286 g/mol. The fraction of sp³-hybridized carbons (Fsp3) is 0.400. The van der Waals surface area contributed by atoms with Crippen LogP contribution in [0.1, 0.15) is 29.8 Å². The highest BCUT2D eigenvalue weighted by Gasteiger charge is 2.25. The summed E-state index contributed by atoms with van der Waals surface area (Å²) in [6.45, 7) is 0.484. The van der Waals surface area contributed by atoms with Gasteiger partial charge in [0.25, 0.3) is 5.91 Å². The SMILES string of the molecule is O=C(NCC1CCCC1O)c1cn(-c2ccccc2)nn1. The molecule has 3 rings (SSSR count). The summed E-state index contributed by atoms with van der Waals surface area (Å²) in [6.07, 6.45) is 4.11. The minimum absolute atomic E-state index is 0.151. The van der Waals surface area contributed by atoms with Crippen molar-refractivity contribution in [1.82, 2.24) is 20.3 Å². The van der Waals surface area contributed by atoms with Crippen LogP contribution in [0.25, 0.3) is 5.69 Å². The van der Waals surface area contributed by atoms with E-state index in [-0.39, 0.29) is 23.6 Å². The van der Waals surface area contributed by atoms with Gasteiger partial charge in [-0.2, -0.15) is 0 Å². The first-order valence-electron chi connectivity index (χ1n) is 7.18. The predicted molar refractivity (Wildman–Crippen MR) is 77.0 cm³/mol.